The Morgan fingerprint density at radius 2 is 2.11 bits per heavy atom. The Hall–Kier alpha value is -1.10. The van der Waals surface area contributed by atoms with Gasteiger partial charge in [-0.3, -0.25) is 4.79 Å². The third-order valence-electron chi connectivity index (χ3n) is 5.55. The highest BCUT2D eigenvalue weighted by Gasteiger charge is 2.32. The van der Waals surface area contributed by atoms with Crippen LogP contribution in [0.25, 0.3) is 0 Å². The second-order valence-electron chi connectivity index (χ2n) is 8.42. The molecule has 0 spiro atoms. The first-order valence-electron chi connectivity index (χ1n) is 9.55. The van der Waals surface area contributed by atoms with Crippen molar-refractivity contribution in [3.05, 3.63) is 16.0 Å². The fourth-order valence-corrected chi connectivity index (χ4v) is 6.16. The van der Waals surface area contributed by atoms with Gasteiger partial charge >= 0.3 is 0 Å². The Morgan fingerprint density at radius 3 is 2.74 bits per heavy atom. The van der Waals surface area contributed by atoms with Gasteiger partial charge in [-0.25, -0.2) is 0 Å². The van der Waals surface area contributed by atoms with Gasteiger partial charge in [-0.2, -0.15) is 5.26 Å². The number of nitrogens with one attached hydrogen (secondary N) is 1. The standard InChI is InChI=1S/C20H27N3OS3/c1-20(2,3)13-6-7-14-15(11-21)18(27-16(14)10-13)22-17(24)12-26-19(25)23-8-4-5-9-23/h13H,4-10,12H2,1-3H3,(H,22,24)/t13-/m0/s1. The van der Waals surface area contributed by atoms with Gasteiger partial charge in [-0.05, 0) is 49.0 Å². The summed E-state index contributed by atoms with van der Waals surface area (Å²) >= 11 is 8.43. The van der Waals surface area contributed by atoms with Crippen LogP contribution in [0, 0.1) is 22.7 Å². The number of thiophene rings is 1. The fraction of sp³-hybridized carbons (Fsp3) is 0.650. The molecular formula is C20H27N3OS3. The molecule has 0 aromatic carbocycles. The smallest absolute Gasteiger partial charge is 0.235 e. The molecule has 0 radical (unpaired) electrons. The van der Waals surface area contributed by atoms with Crippen LogP contribution < -0.4 is 5.32 Å². The highest BCUT2D eigenvalue weighted by atomic mass is 32.2. The summed E-state index contributed by atoms with van der Waals surface area (Å²) in [4.78, 5) is 15.9. The van der Waals surface area contributed by atoms with Crippen molar-refractivity contribution in [3.63, 3.8) is 0 Å². The topological polar surface area (TPSA) is 56.1 Å². The van der Waals surface area contributed by atoms with Crippen LogP contribution in [0.5, 0.6) is 0 Å². The van der Waals surface area contributed by atoms with E-state index in [1.165, 1.54) is 29.5 Å². The van der Waals surface area contributed by atoms with E-state index in [2.05, 4.69) is 37.1 Å². The summed E-state index contributed by atoms with van der Waals surface area (Å²) in [5.41, 5.74) is 2.08. The van der Waals surface area contributed by atoms with E-state index in [-0.39, 0.29) is 11.3 Å². The number of fused-ring (bicyclic) bond motifs is 1. The molecule has 4 nitrogen and oxygen atoms in total. The second-order valence-corrected chi connectivity index (χ2v) is 11.1. The zero-order valence-corrected chi connectivity index (χ0v) is 18.7. The first kappa shape index (κ1) is 20.6. The molecule has 1 aliphatic carbocycles. The van der Waals surface area contributed by atoms with Crippen molar-refractivity contribution < 1.29 is 4.79 Å². The number of thioether (sulfide) groups is 1. The van der Waals surface area contributed by atoms with E-state index in [0.717, 1.165) is 47.2 Å². The summed E-state index contributed by atoms with van der Waals surface area (Å²) in [6.45, 7) is 8.84. The number of carbonyl (C=O) groups is 1. The molecule has 7 heteroatoms. The van der Waals surface area contributed by atoms with Gasteiger partial charge in [0.2, 0.25) is 5.91 Å². The highest BCUT2D eigenvalue weighted by molar-refractivity contribution is 8.23. The van der Waals surface area contributed by atoms with Gasteiger partial charge in [0.1, 0.15) is 15.4 Å². The monoisotopic (exact) mass is 421 g/mol. The van der Waals surface area contributed by atoms with Crippen LogP contribution in [-0.4, -0.2) is 34.0 Å². The second kappa shape index (κ2) is 8.50. The van der Waals surface area contributed by atoms with Crippen molar-refractivity contribution in [2.75, 3.05) is 24.2 Å². The first-order chi connectivity index (χ1) is 12.8. The molecule has 2 aliphatic rings. The van der Waals surface area contributed by atoms with Gasteiger partial charge in [-0.15, -0.1) is 11.3 Å². The molecule has 1 aliphatic heterocycles. The number of rotatable bonds is 3. The predicted molar refractivity (Wildman–Crippen MR) is 118 cm³/mol. The van der Waals surface area contributed by atoms with E-state index in [9.17, 15) is 10.1 Å². The number of thiocarbonyl (C=S) groups is 1. The van der Waals surface area contributed by atoms with Crippen LogP contribution in [0.4, 0.5) is 5.00 Å². The highest BCUT2D eigenvalue weighted by Crippen LogP contribution is 2.44. The zero-order valence-electron chi connectivity index (χ0n) is 16.3. The molecule has 146 valence electrons. The van der Waals surface area contributed by atoms with Crippen molar-refractivity contribution in [1.82, 2.24) is 4.90 Å². The summed E-state index contributed by atoms with van der Waals surface area (Å²) < 4.78 is 0.807. The lowest BCUT2D eigenvalue weighted by molar-refractivity contribution is -0.113. The molecule has 27 heavy (non-hydrogen) atoms. The van der Waals surface area contributed by atoms with Crippen LogP contribution in [-0.2, 0) is 17.6 Å². The maximum atomic E-state index is 12.4. The minimum absolute atomic E-state index is 0.0796. The maximum absolute atomic E-state index is 12.4. The first-order valence-corrected chi connectivity index (χ1v) is 11.8. The quantitative estimate of drug-likeness (QED) is 0.709. The van der Waals surface area contributed by atoms with E-state index in [4.69, 9.17) is 12.2 Å². The van der Waals surface area contributed by atoms with Crippen LogP contribution in [0.15, 0.2) is 0 Å². The molecule has 1 saturated heterocycles. The van der Waals surface area contributed by atoms with Gasteiger partial charge in [0, 0.05) is 18.0 Å². The number of hydrogen-bond acceptors (Lipinski definition) is 5. The van der Waals surface area contributed by atoms with Crippen molar-refractivity contribution in [2.45, 2.75) is 52.9 Å². The van der Waals surface area contributed by atoms with Gasteiger partial charge in [0.15, 0.2) is 0 Å². The van der Waals surface area contributed by atoms with E-state index >= 15 is 0 Å². The summed E-state index contributed by atoms with van der Waals surface area (Å²) in [5.74, 6) is 0.837. The normalized spacial score (nSPS) is 19.5. The minimum Gasteiger partial charge on any atom is -0.358 e. The molecule has 2 heterocycles. The van der Waals surface area contributed by atoms with E-state index < -0.39 is 0 Å². The van der Waals surface area contributed by atoms with Crippen molar-refractivity contribution in [2.24, 2.45) is 11.3 Å². The molecule has 1 fully saturated rings. The molecule has 1 N–H and O–H groups in total. The number of nitriles is 1. The molecule has 0 bridgehead atoms. The summed E-state index contributed by atoms with van der Waals surface area (Å²) in [6.07, 6.45) is 5.39. The van der Waals surface area contributed by atoms with Gasteiger partial charge < -0.3 is 10.2 Å². The summed E-state index contributed by atoms with van der Waals surface area (Å²) in [5, 5.41) is 13.3. The van der Waals surface area contributed by atoms with Gasteiger partial charge in [0.25, 0.3) is 0 Å². The maximum Gasteiger partial charge on any atom is 0.235 e. The van der Waals surface area contributed by atoms with Gasteiger partial charge in [0.05, 0.1) is 11.3 Å². The third kappa shape index (κ3) is 4.85. The van der Waals surface area contributed by atoms with E-state index in [1.807, 2.05) is 0 Å². The Bertz CT molecular complexity index is 767. The zero-order chi connectivity index (χ0) is 19.6. The SMILES string of the molecule is CC(C)(C)[C@H]1CCc2c(sc(NC(=O)CSC(=S)N3CCCC3)c2C#N)C1. The number of hydrogen-bond donors (Lipinski definition) is 1. The Balaban J connectivity index is 1.63. The molecule has 1 aromatic rings. The summed E-state index contributed by atoms with van der Waals surface area (Å²) in [6, 6.07) is 2.33. The van der Waals surface area contributed by atoms with Crippen LogP contribution in [0.2, 0.25) is 0 Å². The van der Waals surface area contributed by atoms with E-state index in [0.29, 0.717) is 17.2 Å². The molecule has 1 aromatic heterocycles. The molecule has 1 atom stereocenters. The van der Waals surface area contributed by atoms with Crippen LogP contribution >= 0.6 is 35.3 Å². The Labute approximate surface area is 175 Å². The lowest BCUT2D eigenvalue weighted by atomic mass is 9.72. The molecule has 0 unspecified atom stereocenters. The largest absolute Gasteiger partial charge is 0.358 e. The van der Waals surface area contributed by atoms with Crippen LogP contribution in [0.3, 0.4) is 0 Å². The van der Waals surface area contributed by atoms with Crippen molar-refractivity contribution in [1.29, 1.82) is 5.26 Å². The predicted octanol–water partition coefficient (Wildman–Crippen LogP) is 4.82. The van der Waals surface area contributed by atoms with E-state index in [1.54, 1.807) is 11.3 Å². The van der Waals surface area contributed by atoms with Gasteiger partial charge in [-0.1, -0.05) is 44.8 Å². The number of likely N-dealkylation sites (tertiary alicyclic amines) is 1. The van der Waals surface area contributed by atoms with Crippen molar-refractivity contribution in [3.8, 4) is 6.07 Å². The number of anilines is 1. The third-order valence-corrected chi connectivity index (χ3v) is 8.24. The molecular weight excluding hydrogens is 394 g/mol. The fourth-order valence-electron chi connectivity index (χ4n) is 3.81. The Morgan fingerprint density at radius 1 is 1.41 bits per heavy atom. The average Bonchev–Trinajstić information content (AvgIpc) is 3.25. The van der Waals surface area contributed by atoms with Crippen molar-refractivity contribution >= 4 is 50.5 Å². The Kier molecular flexibility index (Phi) is 6.50. The van der Waals surface area contributed by atoms with Crippen LogP contribution in [0.1, 0.15) is 56.0 Å². The number of nitrogens with zero attached hydrogens (tertiary/aromatic N) is 2. The number of carbonyl (C=O) groups excluding carboxylic acids is 1. The lowest BCUT2D eigenvalue weighted by Crippen LogP contribution is -2.26. The lowest BCUT2D eigenvalue weighted by Gasteiger charge is -2.33. The molecule has 3 rings (SSSR count). The average molecular weight is 422 g/mol. The minimum atomic E-state index is -0.0796. The summed E-state index contributed by atoms with van der Waals surface area (Å²) in [7, 11) is 0. The molecule has 0 saturated carbocycles. The molecule has 1 amide bonds. The number of amides is 1.